The number of methoxy groups -OCH3 is 1. The van der Waals surface area contributed by atoms with Crippen molar-refractivity contribution in [2.24, 2.45) is 4.99 Å². The molecule has 180 valence electrons. The molecule has 5 nitrogen and oxygen atoms in total. The number of hydrogen-bond acceptors (Lipinski definition) is 4. The summed E-state index contributed by atoms with van der Waals surface area (Å²) in [6, 6.07) is 23.0. The highest BCUT2D eigenvalue weighted by molar-refractivity contribution is 6.17. The molecule has 3 aromatic carbocycles. The molecule has 4 rings (SSSR count). The first-order chi connectivity index (χ1) is 16.8. The van der Waals surface area contributed by atoms with E-state index in [0.717, 1.165) is 29.9 Å². The highest BCUT2D eigenvalue weighted by Crippen LogP contribution is 2.31. The van der Waals surface area contributed by atoms with Gasteiger partial charge < -0.3 is 9.64 Å². The lowest BCUT2D eigenvalue weighted by molar-refractivity contribution is 0.0796. The third kappa shape index (κ3) is 5.86. The molecule has 0 N–H and O–H groups in total. The van der Waals surface area contributed by atoms with Crippen LogP contribution >= 0.6 is 0 Å². The highest BCUT2D eigenvalue weighted by Gasteiger charge is 2.28. The molecule has 0 bridgehead atoms. The smallest absolute Gasteiger partial charge is 0.253 e. The predicted octanol–water partition coefficient (Wildman–Crippen LogP) is 5.41. The van der Waals surface area contributed by atoms with Gasteiger partial charge in [-0.25, -0.2) is 0 Å². The summed E-state index contributed by atoms with van der Waals surface area (Å²) >= 11 is 0. The molecule has 0 fully saturated rings. The zero-order valence-electron chi connectivity index (χ0n) is 20.9. The number of rotatable bonds is 8. The van der Waals surface area contributed by atoms with Gasteiger partial charge in [-0.15, -0.1) is 0 Å². The van der Waals surface area contributed by atoms with Crippen LogP contribution < -0.4 is 4.74 Å². The molecule has 0 saturated carbocycles. The molecular formula is C30H32N2O3. The monoisotopic (exact) mass is 468 g/mol. The van der Waals surface area contributed by atoms with E-state index in [9.17, 15) is 9.59 Å². The number of ether oxygens (including phenoxy) is 1. The van der Waals surface area contributed by atoms with Gasteiger partial charge in [0.1, 0.15) is 5.75 Å². The van der Waals surface area contributed by atoms with Crippen molar-refractivity contribution >= 4 is 17.4 Å². The first kappa shape index (κ1) is 24.4. The number of nitrogens with zero attached hydrogens (tertiary/aromatic N) is 2. The first-order valence-electron chi connectivity index (χ1n) is 11.9. The van der Waals surface area contributed by atoms with Gasteiger partial charge in [0.15, 0.2) is 5.78 Å². The van der Waals surface area contributed by atoms with Crippen LogP contribution in [0.2, 0.25) is 0 Å². The topological polar surface area (TPSA) is 59.0 Å². The van der Waals surface area contributed by atoms with E-state index >= 15 is 0 Å². The van der Waals surface area contributed by atoms with Crippen LogP contribution in [0.25, 0.3) is 0 Å². The normalized spacial score (nSPS) is 14.0. The second kappa shape index (κ2) is 10.3. The second-order valence-electron chi connectivity index (χ2n) is 9.71. The Labute approximate surface area is 207 Å². The molecule has 0 aromatic heterocycles. The number of Topliss-reactive ketones (excluding diaryl/α,β-unsaturated/α-hetero) is 1. The lowest BCUT2D eigenvalue weighted by Gasteiger charge is -2.29. The summed E-state index contributed by atoms with van der Waals surface area (Å²) in [6.07, 6.45) is 1.82. The quantitative estimate of drug-likeness (QED) is 0.416. The van der Waals surface area contributed by atoms with Crippen molar-refractivity contribution in [3.8, 4) is 5.75 Å². The Morgan fingerprint density at radius 1 is 0.971 bits per heavy atom. The molecule has 5 heteroatoms. The van der Waals surface area contributed by atoms with E-state index in [2.05, 4.69) is 32.0 Å². The minimum atomic E-state index is -0.266. The lowest BCUT2D eigenvalue weighted by atomic mass is 9.85. The van der Waals surface area contributed by atoms with Crippen LogP contribution in [0, 0.1) is 0 Å². The summed E-state index contributed by atoms with van der Waals surface area (Å²) < 4.78 is 5.39. The number of carbonyl (C=O) groups excluding carboxylic acids is 2. The number of fused-ring (bicyclic) bond motifs is 1. The lowest BCUT2D eigenvalue weighted by Crippen LogP contribution is -2.30. The minimum absolute atomic E-state index is 0.0216. The van der Waals surface area contributed by atoms with Crippen LogP contribution in [0.3, 0.4) is 0 Å². The van der Waals surface area contributed by atoms with Gasteiger partial charge in [0.2, 0.25) is 0 Å². The average molecular weight is 469 g/mol. The van der Waals surface area contributed by atoms with Gasteiger partial charge in [-0.1, -0.05) is 48.5 Å². The fourth-order valence-electron chi connectivity index (χ4n) is 4.49. The van der Waals surface area contributed by atoms with Crippen molar-refractivity contribution in [3.63, 3.8) is 0 Å². The number of carbonyl (C=O) groups is 2. The van der Waals surface area contributed by atoms with Gasteiger partial charge in [-0.2, -0.15) is 0 Å². The molecule has 0 radical (unpaired) electrons. The third-order valence-corrected chi connectivity index (χ3v) is 6.40. The maximum Gasteiger partial charge on any atom is 0.253 e. The zero-order chi connectivity index (χ0) is 25.0. The molecule has 0 unspecified atom stereocenters. The minimum Gasteiger partial charge on any atom is -0.497 e. The number of amides is 1. The Morgan fingerprint density at radius 2 is 1.66 bits per heavy atom. The van der Waals surface area contributed by atoms with E-state index in [1.54, 1.807) is 43.3 Å². The van der Waals surface area contributed by atoms with Gasteiger partial charge in [0.05, 0.1) is 24.8 Å². The third-order valence-electron chi connectivity index (χ3n) is 6.40. The first-order valence-corrected chi connectivity index (χ1v) is 11.9. The Kier molecular flexibility index (Phi) is 7.15. The second-order valence-corrected chi connectivity index (χ2v) is 9.71. The van der Waals surface area contributed by atoms with Crippen LogP contribution in [-0.4, -0.2) is 48.5 Å². The number of aliphatic imine (C=N–C) groups is 1. The van der Waals surface area contributed by atoms with Crippen molar-refractivity contribution in [2.45, 2.75) is 38.6 Å². The number of benzene rings is 3. The Hall–Kier alpha value is -3.73. The van der Waals surface area contributed by atoms with Crippen LogP contribution in [0.5, 0.6) is 5.75 Å². The standard InChI is InChI=1S/C30H32N2O3/c1-30(2)20-24-14-15-25(35-4)18-26(24)27(31-30)19-28(33)22-10-12-23(13-11-22)29(34)32(3)17-16-21-8-6-5-7-9-21/h5-15,18H,16-17,19-20H2,1-4H3. The Balaban J connectivity index is 1.44. The summed E-state index contributed by atoms with van der Waals surface area (Å²) in [4.78, 5) is 32.6. The molecule has 35 heavy (non-hydrogen) atoms. The SMILES string of the molecule is COc1ccc2c(c1)C(CC(=O)c1ccc(C(=O)N(C)CCc3ccccc3)cc1)=NC(C)(C)C2. The summed E-state index contributed by atoms with van der Waals surface area (Å²) in [5, 5.41) is 0. The molecule has 1 heterocycles. The molecule has 1 aliphatic rings. The molecular weight excluding hydrogens is 436 g/mol. The van der Waals surface area contributed by atoms with Crippen molar-refractivity contribution in [1.82, 2.24) is 4.90 Å². The summed E-state index contributed by atoms with van der Waals surface area (Å²) in [5.41, 5.74) is 5.00. The summed E-state index contributed by atoms with van der Waals surface area (Å²) in [7, 11) is 3.44. The van der Waals surface area contributed by atoms with E-state index in [1.165, 1.54) is 11.1 Å². The van der Waals surface area contributed by atoms with Crippen molar-refractivity contribution < 1.29 is 14.3 Å². The largest absolute Gasteiger partial charge is 0.497 e. The molecule has 0 aliphatic carbocycles. The van der Waals surface area contributed by atoms with Gasteiger partial charge in [0, 0.05) is 30.3 Å². The zero-order valence-corrected chi connectivity index (χ0v) is 20.9. The van der Waals surface area contributed by atoms with E-state index in [4.69, 9.17) is 9.73 Å². The van der Waals surface area contributed by atoms with E-state index < -0.39 is 0 Å². The molecule has 0 atom stereocenters. The Morgan fingerprint density at radius 3 is 2.34 bits per heavy atom. The molecule has 1 aliphatic heterocycles. The predicted molar refractivity (Wildman–Crippen MR) is 140 cm³/mol. The van der Waals surface area contributed by atoms with Gasteiger partial charge in [-0.05, 0) is 62.1 Å². The van der Waals surface area contributed by atoms with Crippen molar-refractivity contribution in [1.29, 1.82) is 0 Å². The average Bonchev–Trinajstić information content (AvgIpc) is 2.86. The van der Waals surface area contributed by atoms with Crippen molar-refractivity contribution in [3.05, 3.63) is 101 Å². The maximum absolute atomic E-state index is 13.2. The number of likely N-dealkylation sites (N-methyl/N-ethyl adjacent to an activating group) is 1. The van der Waals surface area contributed by atoms with Crippen LogP contribution in [0.1, 0.15) is 57.7 Å². The molecule has 3 aromatic rings. The van der Waals surface area contributed by atoms with E-state index in [-0.39, 0.29) is 23.7 Å². The van der Waals surface area contributed by atoms with Crippen LogP contribution in [-0.2, 0) is 12.8 Å². The van der Waals surface area contributed by atoms with E-state index in [1.807, 2.05) is 30.3 Å². The molecule has 0 spiro atoms. The fraction of sp³-hybridized carbons (Fsp3) is 0.300. The summed E-state index contributed by atoms with van der Waals surface area (Å²) in [6.45, 7) is 4.79. The summed E-state index contributed by atoms with van der Waals surface area (Å²) in [5.74, 6) is 0.675. The van der Waals surface area contributed by atoms with Gasteiger partial charge >= 0.3 is 0 Å². The van der Waals surface area contributed by atoms with Gasteiger partial charge in [-0.3, -0.25) is 14.6 Å². The fourth-order valence-corrected chi connectivity index (χ4v) is 4.49. The van der Waals surface area contributed by atoms with Gasteiger partial charge in [0.25, 0.3) is 5.91 Å². The molecule has 1 amide bonds. The number of hydrogen-bond donors (Lipinski definition) is 0. The van der Waals surface area contributed by atoms with Crippen LogP contribution in [0.4, 0.5) is 0 Å². The number of ketones is 1. The maximum atomic E-state index is 13.2. The molecule has 0 saturated heterocycles. The van der Waals surface area contributed by atoms with Crippen LogP contribution in [0.15, 0.2) is 77.8 Å². The highest BCUT2D eigenvalue weighted by atomic mass is 16.5. The van der Waals surface area contributed by atoms with Crippen molar-refractivity contribution in [2.75, 3.05) is 20.7 Å². The van der Waals surface area contributed by atoms with E-state index in [0.29, 0.717) is 17.7 Å². The Bertz CT molecular complexity index is 1240.